The highest BCUT2D eigenvalue weighted by molar-refractivity contribution is 5.98. The molecule has 2 aliphatic heterocycles. The third-order valence-electron chi connectivity index (χ3n) is 3.76. The Bertz CT molecular complexity index is 555. The second kappa shape index (κ2) is 3.37. The summed E-state index contributed by atoms with van der Waals surface area (Å²) in [5, 5.41) is 8.08. The molecule has 17 heavy (non-hydrogen) atoms. The van der Waals surface area contributed by atoms with Crippen molar-refractivity contribution in [2.24, 2.45) is 0 Å². The molecule has 0 spiro atoms. The lowest BCUT2D eigenvalue weighted by molar-refractivity contribution is 0.667. The maximum absolute atomic E-state index is 4.41. The highest BCUT2D eigenvalue weighted by Gasteiger charge is 2.29. The normalized spacial score (nSPS) is 23.1. The second-order valence-corrected chi connectivity index (χ2v) is 4.71. The predicted octanol–water partition coefficient (Wildman–Crippen LogP) is 1.11. The zero-order chi connectivity index (χ0) is 11.2. The number of nitrogens with one attached hydrogen (secondary N) is 3. The fraction of sp³-hybridized carbons (Fsp3) is 0.417. The molecule has 2 aromatic heterocycles. The van der Waals surface area contributed by atoms with Crippen LogP contribution in [0, 0.1) is 0 Å². The van der Waals surface area contributed by atoms with Gasteiger partial charge in [-0.15, -0.1) is 0 Å². The summed E-state index contributed by atoms with van der Waals surface area (Å²) in [7, 11) is 0. The number of aromatic amines is 1. The average molecular weight is 229 g/mol. The molecular weight excluding hydrogens is 214 g/mol. The van der Waals surface area contributed by atoms with Crippen LogP contribution in [-0.2, 0) is 0 Å². The lowest BCUT2D eigenvalue weighted by Gasteiger charge is -2.25. The molecule has 0 bridgehead atoms. The van der Waals surface area contributed by atoms with E-state index >= 15 is 0 Å². The van der Waals surface area contributed by atoms with Crippen LogP contribution in [0.15, 0.2) is 18.5 Å². The first-order chi connectivity index (χ1) is 8.43. The molecule has 1 fully saturated rings. The van der Waals surface area contributed by atoms with Crippen LogP contribution in [0.4, 0.5) is 11.4 Å². The van der Waals surface area contributed by atoms with Gasteiger partial charge in [0.15, 0.2) is 0 Å². The highest BCUT2D eigenvalue weighted by atomic mass is 15.3. The number of anilines is 2. The number of H-pyrrole nitrogens is 1. The van der Waals surface area contributed by atoms with Gasteiger partial charge < -0.3 is 20.5 Å². The number of hydrogen-bond acceptors (Lipinski definition) is 4. The van der Waals surface area contributed by atoms with Crippen molar-refractivity contribution in [3.8, 4) is 0 Å². The molecule has 4 rings (SSSR count). The van der Waals surface area contributed by atoms with E-state index < -0.39 is 0 Å². The van der Waals surface area contributed by atoms with Crippen LogP contribution in [0.2, 0.25) is 0 Å². The van der Waals surface area contributed by atoms with Gasteiger partial charge >= 0.3 is 0 Å². The summed E-state index contributed by atoms with van der Waals surface area (Å²) >= 11 is 0. The molecule has 0 saturated carbocycles. The van der Waals surface area contributed by atoms with Gasteiger partial charge in [-0.1, -0.05) is 0 Å². The first-order valence-electron chi connectivity index (χ1n) is 6.11. The molecule has 1 saturated heterocycles. The van der Waals surface area contributed by atoms with Crippen LogP contribution >= 0.6 is 0 Å². The van der Waals surface area contributed by atoms with Crippen LogP contribution in [0.3, 0.4) is 0 Å². The second-order valence-electron chi connectivity index (χ2n) is 4.71. The summed E-state index contributed by atoms with van der Waals surface area (Å²) in [5.74, 6) is 0. The van der Waals surface area contributed by atoms with Gasteiger partial charge in [0.1, 0.15) is 5.65 Å². The number of fused-ring (bicyclic) bond motifs is 3. The molecule has 5 heteroatoms. The Morgan fingerprint density at radius 1 is 1.41 bits per heavy atom. The minimum absolute atomic E-state index is 0.601. The molecular formula is C12H15N5. The van der Waals surface area contributed by atoms with Gasteiger partial charge in [0.2, 0.25) is 0 Å². The van der Waals surface area contributed by atoms with E-state index in [9.17, 15) is 0 Å². The standard InChI is InChI=1S/C12H15N5/c1-3-13-5-8(1)17-7-16-10-6-15-12-9(11(10)17)2-4-14-12/h2,4,6,8,13,16H,1,3,5,7H2,(H,14,15)/t8-/m0/s1. The van der Waals surface area contributed by atoms with Crippen LogP contribution in [0.1, 0.15) is 6.42 Å². The first kappa shape index (κ1) is 9.30. The Labute approximate surface area is 99.2 Å². The van der Waals surface area contributed by atoms with Crippen molar-refractivity contribution in [1.29, 1.82) is 0 Å². The third kappa shape index (κ3) is 1.26. The van der Waals surface area contributed by atoms with E-state index in [1.165, 1.54) is 17.5 Å². The molecule has 1 atom stereocenters. The molecule has 0 unspecified atom stereocenters. The van der Waals surface area contributed by atoms with Crippen molar-refractivity contribution in [3.63, 3.8) is 0 Å². The van der Waals surface area contributed by atoms with E-state index in [-0.39, 0.29) is 0 Å². The number of pyridine rings is 1. The van der Waals surface area contributed by atoms with Gasteiger partial charge in [-0.3, -0.25) is 0 Å². The predicted molar refractivity (Wildman–Crippen MR) is 68.3 cm³/mol. The van der Waals surface area contributed by atoms with Crippen LogP contribution in [-0.4, -0.2) is 35.8 Å². The summed E-state index contributed by atoms with van der Waals surface area (Å²) in [4.78, 5) is 10.1. The lowest BCUT2D eigenvalue weighted by atomic mass is 10.2. The van der Waals surface area contributed by atoms with Gasteiger partial charge in [0.05, 0.1) is 24.2 Å². The number of aromatic nitrogens is 2. The van der Waals surface area contributed by atoms with Crippen molar-refractivity contribution in [3.05, 3.63) is 18.5 Å². The van der Waals surface area contributed by atoms with Crippen molar-refractivity contribution < 1.29 is 0 Å². The largest absolute Gasteiger partial charge is 0.365 e. The zero-order valence-corrected chi connectivity index (χ0v) is 9.53. The van der Waals surface area contributed by atoms with E-state index in [1.807, 2.05) is 12.4 Å². The number of rotatable bonds is 1. The molecule has 2 aliphatic rings. The molecule has 5 nitrogen and oxygen atoms in total. The third-order valence-corrected chi connectivity index (χ3v) is 3.76. The fourth-order valence-electron chi connectivity index (χ4n) is 2.90. The topological polar surface area (TPSA) is 56.0 Å². The quantitative estimate of drug-likeness (QED) is 0.686. The lowest BCUT2D eigenvalue weighted by Crippen LogP contribution is -2.36. The highest BCUT2D eigenvalue weighted by Crippen LogP contribution is 2.38. The molecule has 88 valence electrons. The maximum atomic E-state index is 4.41. The molecule has 4 heterocycles. The van der Waals surface area contributed by atoms with E-state index in [2.05, 4.69) is 31.6 Å². The summed E-state index contributed by atoms with van der Waals surface area (Å²) in [6.45, 7) is 3.10. The molecule has 3 N–H and O–H groups in total. The van der Waals surface area contributed by atoms with Crippen LogP contribution < -0.4 is 15.5 Å². The van der Waals surface area contributed by atoms with Gasteiger partial charge in [-0.2, -0.15) is 0 Å². The Hall–Kier alpha value is -1.75. The van der Waals surface area contributed by atoms with Gasteiger partial charge in [-0.05, 0) is 19.0 Å². The van der Waals surface area contributed by atoms with Crippen molar-refractivity contribution in [2.45, 2.75) is 12.5 Å². The SMILES string of the molecule is c1cc2c3c(cnc2[nH]1)NCN3[C@H]1CCNC1. The summed E-state index contributed by atoms with van der Waals surface area (Å²) < 4.78 is 0. The molecule has 0 amide bonds. The molecule has 0 radical (unpaired) electrons. The van der Waals surface area contributed by atoms with Gasteiger partial charge in [0.25, 0.3) is 0 Å². The van der Waals surface area contributed by atoms with Gasteiger partial charge in [-0.25, -0.2) is 4.98 Å². The monoisotopic (exact) mass is 229 g/mol. The first-order valence-corrected chi connectivity index (χ1v) is 6.11. The van der Waals surface area contributed by atoms with Crippen molar-refractivity contribution >= 4 is 22.4 Å². The summed E-state index contributed by atoms with van der Waals surface area (Å²) in [6, 6.07) is 2.72. The minimum Gasteiger partial charge on any atom is -0.365 e. The van der Waals surface area contributed by atoms with Crippen LogP contribution in [0.5, 0.6) is 0 Å². The zero-order valence-electron chi connectivity index (χ0n) is 9.53. The number of hydrogen-bond donors (Lipinski definition) is 3. The Morgan fingerprint density at radius 2 is 2.41 bits per heavy atom. The van der Waals surface area contributed by atoms with E-state index in [1.54, 1.807) is 0 Å². The smallest absolute Gasteiger partial charge is 0.139 e. The average Bonchev–Trinajstić information content (AvgIpc) is 3.08. The van der Waals surface area contributed by atoms with Crippen LogP contribution in [0.25, 0.3) is 11.0 Å². The Morgan fingerprint density at radius 3 is 3.29 bits per heavy atom. The Balaban J connectivity index is 1.86. The molecule has 0 aliphatic carbocycles. The van der Waals surface area contributed by atoms with Crippen molar-refractivity contribution in [1.82, 2.24) is 15.3 Å². The van der Waals surface area contributed by atoms with E-state index in [0.717, 1.165) is 31.1 Å². The molecule has 2 aromatic rings. The number of nitrogens with zero attached hydrogens (tertiary/aromatic N) is 2. The van der Waals surface area contributed by atoms with E-state index in [4.69, 9.17) is 0 Å². The van der Waals surface area contributed by atoms with Crippen molar-refractivity contribution in [2.75, 3.05) is 30.0 Å². The molecule has 0 aromatic carbocycles. The minimum atomic E-state index is 0.601. The maximum Gasteiger partial charge on any atom is 0.139 e. The van der Waals surface area contributed by atoms with E-state index in [0.29, 0.717) is 6.04 Å². The van der Waals surface area contributed by atoms with Gasteiger partial charge in [0, 0.05) is 24.2 Å². The fourth-order valence-corrected chi connectivity index (χ4v) is 2.90. The summed E-state index contributed by atoms with van der Waals surface area (Å²) in [6.07, 6.45) is 5.10. The Kier molecular flexibility index (Phi) is 1.84. The summed E-state index contributed by atoms with van der Waals surface area (Å²) in [5.41, 5.74) is 3.44.